The predicted molar refractivity (Wildman–Crippen MR) is 170 cm³/mol. The molecule has 0 fully saturated rings. The fraction of sp³-hybridized carbons (Fsp3) is 0.906. The molecule has 0 N–H and O–H groups in total. The van der Waals surface area contributed by atoms with Crippen LogP contribution in [0.3, 0.4) is 0 Å². The third-order valence-corrected chi connectivity index (χ3v) is 30.1. The molecule has 0 aliphatic carbocycles. The number of ether oxygens (including phenoxy) is 1. The first-order valence-corrected chi connectivity index (χ1v) is 25.9. The molecular weight excluding hydrogens is 579 g/mol. The molecule has 0 spiro atoms. The van der Waals surface area contributed by atoms with Crippen molar-refractivity contribution in [3.63, 3.8) is 0 Å². The topological polar surface area (TPSA) is 35.5 Å². The van der Waals surface area contributed by atoms with E-state index in [2.05, 4.69) is 75.3 Å². The Kier molecular flexibility index (Phi) is 17.9. The molecule has 0 saturated carbocycles. The molecule has 0 aromatic carbocycles. The summed E-state index contributed by atoms with van der Waals surface area (Å²) in [5.74, 6) is -0.140. The molecule has 37 heavy (non-hydrogen) atoms. The Hall–Kier alpha value is 0.186. The van der Waals surface area contributed by atoms with Crippen molar-refractivity contribution >= 4 is 32.7 Å². The van der Waals surface area contributed by atoms with Crippen LogP contribution in [0.1, 0.15) is 135 Å². The second-order valence-electron chi connectivity index (χ2n) is 13.8. The SMILES string of the molecule is CCC[CH2][Sn]([CH2]CCC)([CH2]CCC)[CH2]/C(C)=C\[C@@H](CC(=O)OC(C)(C)C)O[Si](C(C)C)(C(C)C)C(C)C. The first-order chi connectivity index (χ1) is 17.1. The van der Waals surface area contributed by atoms with E-state index in [9.17, 15) is 4.79 Å². The summed E-state index contributed by atoms with van der Waals surface area (Å²) in [6.07, 6.45) is 10.6. The van der Waals surface area contributed by atoms with Crippen LogP contribution in [0.4, 0.5) is 0 Å². The molecule has 0 aliphatic heterocycles. The van der Waals surface area contributed by atoms with Crippen LogP contribution >= 0.6 is 0 Å². The summed E-state index contributed by atoms with van der Waals surface area (Å²) >= 11 is -2.33. The molecule has 3 nitrogen and oxygen atoms in total. The normalized spacial score (nSPS) is 14.6. The molecule has 0 unspecified atom stereocenters. The summed E-state index contributed by atoms with van der Waals surface area (Å²) in [6.45, 7) is 29.2. The van der Waals surface area contributed by atoms with E-state index in [1.165, 1.54) is 61.8 Å². The first kappa shape index (κ1) is 37.2. The van der Waals surface area contributed by atoms with Crippen molar-refractivity contribution < 1.29 is 14.0 Å². The van der Waals surface area contributed by atoms with Gasteiger partial charge in [-0.15, -0.1) is 0 Å². The van der Waals surface area contributed by atoms with Gasteiger partial charge in [-0.2, -0.15) is 0 Å². The third-order valence-electron chi connectivity index (χ3n) is 8.16. The number of esters is 1. The number of carbonyl (C=O) groups excluding carboxylic acids is 1. The van der Waals surface area contributed by atoms with Crippen molar-refractivity contribution in [2.75, 3.05) is 0 Å². The van der Waals surface area contributed by atoms with E-state index < -0.39 is 32.3 Å². The van der Waals surface area contributed by atoms with Crippen LogP contribution < -0.4 is 0 Å². The van der Waals surface area contributed by atoms with E-state index in [1.807, 2.05) is 20.8 Å². The van der Waals surface area contributed by atoms with Crippen LogP contribution in [0, 0.1) is 0 Å². The molecule has 1 atom stereocenters. The van der Waals surface area contributed by atoms with Crippen molar-refractivity contribution in [1.82, 2.24) is 0 Å². The standard InChI is InChI=1S/C20H39O3Si.3C4H9.Sn/c1-14(2)12-18(13-19(21)22-20(9,10)11)23-24(15(3)4,16(5)6)17(7)8;3*1-3-4-2;/h12,15-18H,1,13H2,2-11H3;3*1,3-4H2,2H3;/b14-12+;;;;/t18-;;;;/m0..../s1. The number of unbranched alkanes of at least 4 members (excludes halogenated alkanes) is 3. The Bertz CT molecular complexity index is 620. The van der Waals surface area contributed by atoms with Gasteiger partial charge in [0.1, 0.15) is 0 Å². The Balaban J connectivity index is 6.36. The van der Waals surface area contributed by atoms with Crippen LogP contribution in [0.25, 0.3) is 0 Å². The summed E-state index contributed by atoms with van der Waals surface area (Å²) in [5.41, 5.74) is 2.46. The summed E-state index contributed by atoms with van der Waals surface area (Å²) in [7, 11) is -2.14. The summed E-state index contributed by atoms with van der Waals surface area (Å²) in [4.78, 5) is 13.1. The summed E-state index contributed by atoms with van der Waals surface area (Å²) in [5, 5.41) is 0. The second-order valence-corrected chi connectivity index (χ2v) is 33.0. The predicted octanol–water partition coefficient (Wildman–Crippen LogP) is 11.1. The Morgan fingerprint density at radius 1 is 0.811 bits per heavy atom. The van der Waals surface area contributed by atoms with Gasteiger partial charge in [0.2, 0.25) is 0 Å². The zero-order chi connectivity index (χ0) is 28.9. The molecule has 0 bridgehead atoms. The van der Waals surface area contributed by atoms with Gasteiger partial charge in [-0.05, 0) is 0 Å². The molecule has 0 amide bonds. The van der Waals surface area contributed by atoms with Gasteiger partial charge in [-0.25, -0.2) is 0 Å². The Labute approximate surface area is 238 Å². The molecule has 0 heterocycles. The molecule has 0 aromatic rings. The number of allylic oxidation sites excluding steroid dienone is 1. The van der Waals surface area contributed by atoms with Gasteiger partial charge in [-0.3, -0.25) is 0 Å². The average Bonchev–Trinajstić information content (AvgIpc) is 2.75. The van der Waals surface area contributed by atoms with E-state index in [1.54, 1.807) is 0 Å². The van der Waals surface area contributed by atoms with Gasteiger partial charge < -0.3 is 0 Å². The van der Waals surface area contributed by atoms with Crippen molar-refractivity contribution in [1.29, 1.82) is 0 Å². The number of hydrogen-bond donors (Lipinski definition) is 0. The molecule has 0 rings (SSSR count). The summed E-state index contributed by atoms with van der Waals surface area (Å²) in [6, 6.07) is 0. The van der Waals surface area contributed by atoms with Crippen LogP contribution in [0.2, 0.25) is 34.4 Å². The molecule has 220 valence electrons. The van der Waals surface area contributed by atoms with Crippen molar-refractivity contribution in [2.45, 2.75) is 181 Å². The van der Waals surface area contributed by atoms with Crippen LogP contribution in [0.5, 0.6) is 0 Å². The van der Waals surface area contributed by atoms with Gasteiger partial charge in [-0.1, -0.05) is 0 Å². The molecule has 5 heteroatoms. The van der Waals surface area contributed by atoms with Crippen LogP contribution in [-0.4, -0.2) is 44.4 Å². The number of rotatable bonds is 19. The van der Waals surface area contributed by atoms with Crippen LogP contribution in [-0.2, 0) is 14.0 Å². The molecule has 0 aliphatic rings. The van der Waals surface area contributed by atoms with Crippen molar-refractivity contribution in [3.05, 3.63) is 11.6 Å². The zero-order valence-electron chi connectivity index (χ0n) is 27.4. The third kappa shape index (κ3) is 13.4. The van der Waals surface area contributed by atoms with Crippen LogP contribution in [0.15, 0.2) is 11.6 Å². The minimum absolute atomic E-state index is 0.140. The fourth-order valence-electron chi connectivity index (χ4n) is 6.62. The number of hydrogen-bond acceptors (Lipinski definition) is 3. The average molecular weight is 646 g/mol. The summed E-state index contributed by atoms with van der Waals surface area (Å²) < 4.78 is 18.9. The quantitative estimate of drug-likeness (QED) is 0.0797. The molecular formula is C32H66O3SiSn. The maximum atomic E-state index is 13.1. The zero-order valence-corrected chi connectivity index (χ0v) is 31.2. The monoisotopic (exact) mass is 646 g/mol. The van der Waals surface area contributed by atoms with Gasteiger partial charge in [0.25, 0.3) is 0 Å². The second kappa shape index (κ2) is 17.8. The maximum absolute atomic E-state index is 13.1. The van der Waals surface area contributed by atoms with Gasteiger partial charge >= 0.3 is 239 Å². The number of carbonyl (C=O) groups is 1. The fourth-order valence-corrected chi connectivity index (χ4v) is 28.9. The molecule has 0 radical (unpaired) electrons. The van der Waals surface area contributed by atoms with Gasteiger partial charge in [0.15, 0.2) is 0 Å². The first-order valence-electron chi connectivity index (χ1n) is 15.7. The van der Waals surface area contributed by atoms with Crippen molar-refractivity contribution in [2.24, 2.45) is 0 Å². The molecule has 0 saturated heterocycles. The van der Waals surface area contributed by atoms with E-state index in [4.69, 9.17) is 9.16 Å². The van der Waals surface area contributed by atoms with Gasteiger partial charge in [0, 0.05) is 0 Å². The van der Waals surface area contributed by atoms with E-state index in [-0.39, 0.29) is 12.1 Å². The van der Waals surface area contributed by atoms with E-state index in [0.717, 1.165) is 0 Å². The Morgan fingerprint density at radius 3 is 1.54 bits per heavy atom. The van der Waals surface area contributed by atoms with Gasteiger partial charge in [0.05, 0.1) is 0 Å². The molecule has 0 aromatic heterocycles. The van der Waals surface area contributed by atoms with Crippen molar-refractivity contribution in [3.8, 4) is 0 Å². The Morgan fingerprint density at radius 2 is 1.22 bits per heavy atom. The van der Waals surface area contributed by atoms with E-state index in [0.29, 0.717) is 23.0 Å². The minimum atomic E-state index is -2.33. The van der Waals surface area contributed by atoms with E-state index >= 15 is 0 Å².